The highest BCUT2D eigenvalue weighted by Crippen LogP contribution is 2.35. The number of carbonyl (C=O) groups is 1. The summed E-state index contributed by atoms with van der Waals surface area (Å²) >= 11 is 1.32. The molecule has 2 aromatic rings. The number of nitrogens with one attached hydrogen (secondary N) is 1. The summed E-state index contributed by atoms with van der Waals surface area (Å²) in [5.41, 5.74) is 1.09. The predicted octanol–water partition coefficient (Wildman–Crippen LogP) is 2.99. The average molecular weight is 307 g/mol. The van der Waals surface area contributed by atoms with Gasteiger partial charge in [-0.05, 0) is 19.1 Å². The number of nitro groups is 1. The van der Waals surface area contributed by atoms with Crippen LogP contribution in [0, 0.1) is 17.0 Å². The zero-order valence-electron chi connectivity index (χ0n) is 11.7. The molecule has 21 heavy (non-hydrogen) atoms. The van der Waals surface area contributed by atoms with Gasteiger partial charge in [-0.3, -0.25) is 14.9 Å². The second-order valence-corrected chi connectivity index (χ2v) is 5.45. The lowest BCUT2D eigenvalue weighted by Crippen LogP contribution is -2.04. The lowest BCUT2D eigenvalue weighted by molar-refractivity contribution is -0.385. The molecule has 0 fully saturated rings. The largest absolute Gasteiger partial charge is 0.490 e. The van der Waals surface area contributed by atoms with E-state index in [1.165, 1.54) is 37.5 Å². The highest BCUT2D eigenvalue weighted by Gasteiger charge is 2.18. The molecule has 0 aliphatic heterocycles. The molecule has 2 rings (SSSR count). The van der Waals surface area contributed by atoms with Gasteiger partial charge in [-0.25, -0.2) is 4.98 Å². The Kier molecular flexibility index (Phi) is 4.18. The third kappa shape index (κ3) is 3.16. The zero-order valence-corrected chi connectivity index (χ0v) is 12.5. The fourth-order valence-electron chi connectivity index (χ4n) is 1.85. The van der Waals surface area contributed by atoms with Crippen LogP contribution >= 0.6 is 11.3 Å². The number of anilines is 1. The number of methoxy groups -OCH3 is 1. The van der Waals surface area contributed by atoms with Crippen LogP contribution in [0.2, 0.25) is 0 Å². The molecule has 1 aromatic carbocycles. The molecule has 0 aliphatic rings. The summed E-state index contributed by atoms with van der Waals surface area (Å²) in [4.78, 5) is 26.8. The van der Waals surface area contributed by atoms with Crippen LogP contribution in [-0.4, -0.2) is 22.9 Å². The number of nitrogens with zero attached hydrogens (tertiary/aromatic N) is 2. The van der Waals surface area contributed by atoms with Gasteiger partial charge in [-0.2, -0.15) is 0 Å². The van der Waals surface area contributed by atoms with Crippen molar-refractivity contribution >= 4 is 28.1 Å². The molecule has 110 valence electrons. The van der Waals surface area contributed by atoms with Gasteiger partial charge in [-0.15, -0.1) is 11.3 Å². The van der Waals surface area contributed by atoms with E-state index < -0.39 is 4.92 Å². The first kappa shape index (κ1) is 14.9. The zero-order chi connectivity index (χ0) is 15.6. The van der Waals surface area contributed by atoms with Crippen LogP contribution in [0.4, 0.5) is 10.8 Å². The lowest BCUT2D eigenvalue weighted by Gasteiger charge is -2.04. The van der Waals surface area contributed by atoms with Crippen LogP contribution in [0.3, 0.4) is 0 Å². The molecule has 1 aromatic heterocycles. The number of ether oxygens (including phenoxy) is 1. The Morgan fingerprint density at radius 3 is 2.76 bits per heavy atom. The molecule has 0 saturated heterocycles. The molecule has 7 nitrogen and oxygen atoms in total. The molecule has 0 bridgehead atoms. The van der Waals surface area contributed by atoms with E-state index in [-0.39, 0.29) is 17.3 Å². The van der Waals surface area contributed by atoms with Gasteiger partial charge < -0.3 is 10.1 Å². The number of hydrogen-bond donors (Lipinski definition) is 1. The van der Waals surface area contributed by atoms with Gasteiger partial charge in [0, 0.05) is 23.4 Å². The summed E-state index contributed by atoms with van der Waals surface area (Å²) in [6.07, 6.45) is 0. The van der Waals surface area contributed by atoms with Gasteiger partial charge in [0.2, 0.25) is 5.91 Å². The molecule has 1 N–H and O–H groups in total. The molecular formula is C13H13N3O4S. The average Bonchev–Trinajstić information content (AvgIpc) is 2.77. The Morgan fingerprint density at radius 1 is 1.48 bits per heavy atom. The fraction of sp³-hybridized carbons (Fsp3) is 0.231. The normalized spacial score (nSPS) is 10.2. The maximum absolute atomic E-state index is 11.1. The van der Waals surface area contributed by atoms with E-state index in [0.29, 0.717) is 16.4 Å². The quantitative estimate of drug-likeness (QED) is 0.692. The number of aromatic nitrogens is 1. The summed E-state index contributed by atoms with van der Waals surface area (Å²) in [5, 5.41) is 14.1. The third-order valence-corrected chi connectivity index (χ3v) is 3.61. The van der Waals surface area contributed by atoms with Crippen molar-refractivity contribution in [2.45, 2.75) is 13.8 Å². The summed E-state index contributed by atoms with van der Waals surface area (Å²) < 4.78 is 4.97. The Morgan fingerprint density at radius 2 is 2.19 bits per heavy atom. The molecule has 0 aliphatic carbocycles. The Bertz CT molecular complexity index is 711. The number of hydrogen-bond acceptors (Lipinski definition) is 6. The lowest BCUT2D eigenvalue weighted by atomic mass is 10.1. The second kappa shape index (κ2) is 5.88. The molecule has 0 radical (unpaired) electrons. The smallest absolute Gasteiger partial charge is 0.311 e. The number of carbonyl (C=O) groups excluding carboxylic acids is 1. The SMILES string of the molecule is COc1ccc(-c2nc(NC(C)=O)sc2C)cc1[N+](=O)[O-]. The Balaban J connectivity index is 2.47. The molecule has 8 heteroatoms. The molecule has 1 heterocycles. The Labute approximate surface area is 124 Å². The van der Waals surface area contributed by atoms with Crippen molar-refractivity contribution in [3.63, 3.8) is 0 Å². The molecule has 0 atom stereocenters. The van der Waals surface area contributed by atoms with Crippen molar-refractivity contribution in [1.82, 2.24) is 4.98 Å². The maximum Gasteiger partial charge on any atom is 0.311 e. The van der Waals surface area contributed by atoms with E-state index in [4.69, 9.17) is 4.74 Å². The van der Waals surface area contributed by atoms with Gasteiger partial charge in [0.05, 0.1) is 17.7 Å². The van der Waals surface area contributed by atoms with Crippen LogP contribution in [0.1, 0.15) is 11.8 Å². The van der Waals surface area contributed by atoms with Crippen LogP contribution in [0.5, 0.6) is 5.75 Å². The summed E-state index contributed by atoms with van der Waals surface area (Å²) in [6.45, 7) is 3.24. The molecular weight excluding hydrogens is 294 g/mol. The third-order valence-electron chi connectivity index (χ3n) is 2.73. The standard InChI is InChI=1S/C13H13N3O4S/c1-7-12(15-13(21-7)14-8(2)17)9-4-5-11(20-3)10(6-9)16(18)19/h4-6H,1-3H3,(H,14,15,17). The van der Waals surface area contributed by atoms with Gasteiger partial charge >= 0.3 is 5.69 Å². The van der Waals surface area contributed by atoms with Crippen LogP contribution in [-0.2, 0) is 4.79 Å². The fourth-order valence-corrected chi connectivity index (χ4v) is 2.73. The number of rotatable bonds is 4. The minimum atomic E-state index is -0.501. The first-order valence-electron chi connectivity index (χ1n) is 6.00. The van der Waals surface area contributed by atoms with Crippen LogP contribution in [0.15, 0.2) is 18.2 Å². The van der Waals surface area contributed by atoms with Crippen molar-refractivity contribution in [3.8, 4) is 17.0 Å². The number of nitro benzene ring substituents is 1. The molecule has 0 saturated carbocycles. The summed E-state index contributed by atoms with van der Waals surface area (Å²) in [5.74, 6) is -0.0188. The molecule has 0 spiro atoms. The van der Waals surface area contributed by atoms with Crippen LogP contribution in [0.25, 0.3) is 11.3 Å². The number of thiazole rings is 1. The van der Waals surface area contributed by atoms with E-state index in [2.05, 4.69) is 10.3 Å². The van der Waals surface area contributed by atoms with Crippen molar-refractivity contribution in [3.05, 3.63) is 33.2 Å². The van der Waals surface area contributed by atoms with E-state index in [0.717, 1.165) is 4.88 Å². The minimum absolute atomic E-state index is 0.122. The summed E-state index contributed by atoms with van der Waals surface area (Å²) in [6, 6.07) is 4.65. The number of amides is 1. The maximum atomic E-state index is 11.1. The van der Waals surface area contributed by atoms with Crippen LogP contribution < -0.4 is 10.1 Å². The predicted molar refractivity (Wildman–Crippen MR) is 79.8 cm³/mol. The van der Waals surface area contributed by atoms with Gasteiger partial charge in [-0.1, -0.05) is 0 Å². The van der Waals surface area contributed by atoms with E-state index in [9.17, 15) is 14.9 Å². The second-order valence-electron chi connectivity index (χ2n) is 4.25. The monoisotopic (exact) mass is 307 g/mol. The highest BCUT2D eigenvalue weighted by atomic mass is 32.1. The topological polar surface area (TPSA) is 94.4 Å². The highest BCUT2D eigenvalue weighted by molar-refractivity contribution is 7.16. The Hall–Kier alpha value is -2.48. The van der Waals surface area contributed by atoms with Crippen molar-refractivity contribution < 1.29 is 14.5 Å². The molecule has 1 amide bonds. The number of aryl methyl sites for hydroxylation is 1. The van der Waals surface area contributed by atoms with Crippen molar-refractivity contribution in [1.29, 1.82) is 0 Å². The van der Waals surface area contributed by atoms with Crippen molar-refractivity contribution in [2.24, 2.45) is 0 Å². The van der Waals surface area contributed by atoms with Gasteiger partial charge in [0.25, 0.3) is 0 Å². The first-order valence-corrected chi connectivity index (χ1v) is 6.82. The number of benzene rings is 1. The van der Waals surface area contributed by atoms with Gasteiger partial charge in [0.15, 0.2) is 10.9 Å². The minimum Gasteiger partial charge on any atom is -0.490 e. The first-order chi connectivity index (χ1) is 9.92. The molecule has 0 unspecified atom stereocenters. The van der Waals surface area contributed by atoms with E-state index in [1.54, 1.807) is 6.07 Å². The van der Waals surface area contributed by atoms with E-state index in [1.807, 2.05) is 6.92 Å². The van der Waals surface area contributed by atoms with E-state index >= 15 is 0 Å². The van der Waals surface area contributed by atoms with Crippen molar-refractivity contribution in [2.75, 3.05) is 12.4 Å². The summed E-state index contributed by atoms with van der Waals surface area (Å²) in [7, 11) is 1.38. The van der Waals surface area contributed by atoms with Gasteiger partial charge in [0.1, 0.15) is 0 Å².